The van der Waals surface area contributed by atoms with Crippen molar-refractivity contribution in [1.82, 2.24) is 0 Å². The van der Waals surface area contributed by atoms with E-state index in [9.17, 15) is 0 Å². The fourth-order valence-electron chi connectivity index (χ4n) is 1.91. The van der Waals surface area contributed by atoms with Gasteiger partial charge < -0.3 is 10.5 Å². The predicted octanol–water partition coefficient (Wildman–Crippen LogP) is 5.17. The van der Waals surface area contributed by atoms with E-state index in [0.717, 1.165) is 21.1 Å². The molecule has 1 atom stereocenters. The number of benzene rings is 2. The number of methoxy groups -OCH3 is 1. The van der Waals surface area contributed by atoms with E-state index in [1.165, 1.54) is 0 Å². The summed E-state index contributed by atoms with van der Waals surface area (Å²) in [6.45, 7) is 1.94. The first-order valence-corrected chi connectivity index (χ1v) is 7.65. The van der Waals surface area contributed by atoms with E-state index in [2.05, 4.69) is 0 Å². The first kappa shape index (κ1) is 15.5. The minimum atomic E-state index is -0.114. The highest BCUT2D eigenvalue weighted by Gasteiger charge is 2.14. The van der Waals surface area contributed by atoms with Crippen LogP contribution in [0.1, 0.15) is 18.5 Å². The lowest BCUT2D eigenvalue weighted by atomic mass is 10.1. The van der Waals surface area contributed by atoms with Crippen LogP contribution in [0.15, 0.2) is 46.2 Å². The molecule has 2 N–H and O–H groups in total. The van der Waals surface area contributed by atoms with E-state index < -0.39 is 0 Å². The Morgan fingerprint density at radius 2 is 1.90 bits per heavy atom. The topological polar surface area (TPSA) is 35.2 Å². The molecule has 0 unspecified atom stereocenters. The summed E-state index contributed by atoms with van der Waals surface area (Å²) in [4.78, 5) is 2.06. The summed E-state index contributed by atoms with van der Waals surface area (Å²) in [5.41, 5.74) is 7.05. The quantitative estimate of drug-likeness (QED) is 0.840. The molecule has 2 aromatic carbocycles. The Kier molecular flexibility index (Phi) is 5.22. The lowest BCUT2D eigenvalue weighted by Gasteiger charge is -2.16. The molecule has 0 saturated carbocycles. The van der Waals surface area contributed by atoms with Gasteiger partial charge in [-0.3, -0.25) is 0 Å². The Labute approximate surface area is 133 Å². The molecular weight excluding hydrogens is 313 g/mol. The SMILES string of the molecule is COc1cccc(Sc2ccc(Cl)c(Cl)c2)c1[C@H](C)N. The van der Waals surface area contributed by atoms with E-state index in [1.807, 2.05) is 37.3 Å². The summed E-state index contributed by atoms with van der Waals surface area (Å²) < 4.78 is 5.39. The molecule has 0 spiro atoms. The van der Waals surface area contributed by atoms with Crippen LogP contribution in [0.5, 0.6) is 5.75 Å². The van der Waals surface area contributed by atoms with E-state index in [0.29, 0.717) is 10.0 Å². The second-order valence-corrected chi connectivity index (χ2v) is 6.27. The summed E-state index contributed by atoms with van der Waals surface area (Å²) in [5.74, 6) is 0.796. The first-order chi connectivity index (χ1) is 9.52. The van der Waals surface area contributed by atoms with E-state index in [1.54, 1.807) is 24.9 Å². The Balaban J connectivity index is 2.40. The van der Waals surface area contributed by atoms with Gasteiger partial charge in [0.25, 0.3) is 0 Å². The van der Waals surface area contributed by atoms with Crippen molar-refractivity contribution in [2.45, 2.75) is 22.8 Å². The van der Waals surface area contributed by atoms with Gasteiger partial charge in [-0.1, -0.05) is 41.0 Å². The number of hydrogen-bond donors (Lipinski definition) is 1. The minimum absolute atomic E-state index is 0.114. The van der Waals surface area contributed by atoms with Crippen LogP contribution in [0.4, 0.5) is 0 Å². The zero-order valence-electron chi connectivity index (χ0n) is 11.2. The molecule has 2 nitrogen and oxygen atoms in total. The highest BCUT2D eigenvalue weighted by atomic mass is 35.5. The van der Waals surface area contributed by atoms with Gasteiger partial charge in [0, 0.05) is 21.4 Å². The van der Waals surface area contributed by atoms with E-state index in [-0.39, 0.29) is 6.04 Å². The molecule has 2 aromatic rings. The van der Waals surface area contributed by atoms with Gasteiger partial charge in [-0.05, 0) is 37.3 Å². The fourth-order valence-corrected chi connectivity index (χ4v) is 3.38. The molecule has 20 heavy (non-hydrogen) atoms. The molecule has 0 heterocycles. The lowest BCUT2D eigenvalue weighted by molar-refractivity contribution is 0.405. The molecule has 0 aromatic heterocycles. The number of rotatable bonds is 4. The molecule has 0 radical (unpaired) electrons. The van der Waals surface area contributed by atoms with E-state index >= 15 is 0 Å². The van der Waals surface area contributed by atoms with Gasteiger partial charge in [-0.15, -0.1) is 0 Å². The molecule has 0 aliphatic carbocycles. The lowest BCUT2D eigenvalue weighted by Crippen LogP contribution is -2.08. The van der Waals surface area contributed by atoms with Crippen LogP contribution in [0.25, 0.3) is 0 Å². The van der Waals surface area contributed by atoms with Crippen molar-refractivity contribution in [2.24, 2.45) is 5.73 Å². The van der Waals surface area contributed by atoms with Crippen molar-refractivity contribution >= 4 is 35.0 Å². The third-order valence-corrected chi connectivity index (χ3v) is 4.62. The van der Waals surface area contributed by atoms with Gasteiger partial charge in [0.05, 0.1) is 17.2 Å². The van der Waals surface area contributed by atoms with Gasteiger partial charge in [-0.2, -0.15) is 0 Å². The maximum absolute atomic E-state index is 6.06. The Morgan fingerprint density at radius 3 is 2.50 bits per heavy atom. The molecule has 0 saturated heterocycles. The van der Waals surface area contributed by atoms with Crippen LogP contribution in [0.2, 0.25) is 10.0 Å². The van der Waals surface area contributed by atoms with E-state index in [4.69, 9.17) is 33.7 Å². The average molecular weight is 328 g/mol. The van der Waals surface area contributed by atoms with Crippen LogP contribution < -0.4 is 10.5 Å². The summed E-state index contributed by atoms with van der Waals surface area (Å²) >= 11 is 13.6. The summed E-state index contributed by atoms with van der Waals surface area (Å²) in [6.07, 6.45) is 0. The van der Waals surface area contributed by atoms with Crippen molar-refractivity contribution in [3.8, 4) is 5.75 Å². The van der Waals surface area contributed by atoms with Crippen molar-refractivity contribution < 1.29 is 4.74 Å². The van der Waals surface area contributed by atoms with Crippen LogP contribution in [-0.2, 0) is 0 Å². The number of halogens is 2. The smallest absolute Gasteiger partial charge is 0.124 e. The van der Waals surface area contributed by atoms with Crippen LogP contribution >= 0.6 is 35.0 Å². The standard InChI is InChI=1S/C15H15Cl2NOS/c1-9(18)15-13(19-2)4-3-5-14(15)20-10-6-7-11(16)12(17)8-10/h3-9H,18H2,1-2H3/t9-/m0/s1. The molecule has 0 aliphatic heterocycles. The highest BCUT2D eigenvalue weighted by molar-refractivity contribution is 7.99. The zero-order valence-corrected chi connectivity index (χ0v) is 13.5. The van der Waals surface area contributed by atoms with Crippen molar-refractivity contribution in [3.05, 3.63) is 52.0 Å². The van der Waals surface area contributed by atoms with Crippen LogP contribution in [-0.4, -0.2) is 7.11 Å². The third-order valence-electron chi connectivity index (χ3n) is 2.82. The van der Waals surface area contributed by atoms with Crippen LogP contribution in [0, 0.1) is 0 Å². The molecular formula is C15H15Cl2NOS. The molecule has 0 bridgehead atoms. The number of hydrogen-bond acceptors (Lipinski definition) is 3. The molecule has 106 valence electrons. The first-order valence-electron chi connectivity index (χ1n) is 6.08. The van der Waals surface area contributed by atoms with Crippen LogP contribution in [0.3, 0.4) is 0 Å². The van der Waals surface area contributed by atoms with Gasteiger partial charge in [-0.25, -0.2) is 0 Å². The Bertz CT molecular complexity index is 617. The van der Waals surface area contributed by atoms with Gasteiger partial charge >= 0.3 is 0 Å². The van der Waals surface area contributed by atoms with Gasteiger partial charge in [0.1, 0.15) is 5.75 Å². The molecule has 0 amide bonds. The normalized spacial score (nSPS) is 12.2. The summed E-state index contributed by atoms with van der Waals surface area (Å²) in [5, 5.41) is 1.09. The highest BCUT2D eigenvalue weighted by Crippen LogP contribution is 2.39. The minimum Gasteiger partial charge on any atom is -0.496 e. The molecule has 0 aliphatic rings. The monoisotopic (exact) mass is 327 g/mol. The number of nitrogens with two attached hydrogens (primary N) is 1. The van der Waals surface area contributed by atoms with Gasteiger partial charge in [0.2, 0.25) is 0 Å². The second-order valence-electron chi connectivity index (χ2n) is 4.34. The Morgan fingerprint density at radius 1 is 1.15 bits per heavy atom. The third kappa shape index (κ3) is 3.41. The summed E-state index contributed by atoms with van der Waals surface area (Å²) in [6, 6.07) is 11.3. The Hall–Kier alpha value is -0.870. The largest absolute Gasteiger partial charge is 0.496 e. The van der Waals surface area contributed by atoms with Crippen molar-refractivity contribution in [3.63, 3.8) is 0 Å². The predicted molar refractivity (Wildman–Crippen MR) is 86.2 cm³/mol. The van der Waals surface area contributed by atoms with Crippen molar-refractivity contribution in [1.29, 1.82) is 0 Å². The number of ether oxygens (including phenoxy) is 1. The second kappa shape index (κ2) is 6.72. The maximum Gasteiger partial charge on any atom is 0.124 e. The molecule has 5 heteroatoms. The summed E-state index contributed by atoms with van der Waals surface area (Å²) in [7, 11) is 1.65. The van der Waals surface area contributed by atoms with Crippen molar-refractivity contribution in [2.75, 3.05) is 7.11 Å². The molecule has 2 rings (SSSR count). The average Bonchev–Trinajstić information content (AvgIpc) is 2.42. The fraction of sp³-hybridized carbons (Fsp3) is 0.200. The maximum atomic E-state index is 6.06. The zero-order chi connectivity index (χ0) is 14.7. The van der Waals surface area contributed by atoms with Gasteiger partial charge in [0.15, 0.2) is 0 Å². The molecule has 0 fully saturated rings.